The number of halogens is 3. The molecule has 0 amide bonds. The van der Waals surface area contributed by atoms with Crippen molar-refractivity contribution in [3.8, 4) is 0 Å². The van der Waals surface area contributed by atoms with Crippen molar-refractivity contribution in [3.05, 3.63) is 34.9 Å². The molecule has 0 spiro atoms. The van der Waals surface area contributed by atoms with Gasteiger partial charge < -0.3 is 5.11 Å². The lowest BCUT2D eigenvalue weighted by Gasteiger charge is -2.15. The molecule has 16 heavy (non-hydrogen) atoms. The van der Waals surface area contributed by atoms with E-state index < -0.39 is 17.7 Å². The van der Waals surface area contributed by atoms with Crippen molar-refractivity contribution in [3.63, 3.8) is 0 Å². The highest BCUT2D eigenvalue weighted by Gasteiger charge is 2.70. The lowest BCUT2D eigenvalue weighted by Crippen LogP contribution is -2.32. The fourth-order valence-electron chi connectivity index (χ4n) is 2.17. The van der Waals surface area contributed by atoms with Crippen molar-refractivity contribution in [2.75, 3.05) is 0 Å². The third kappa shape index (κ3) is 1.71. The first-order valence-corrected chi connectivity index (χ1v) is 5.11. The third-order valence-electron chi connectivity index (χ3n) is 3.07. The van der Waals surface area contributed by atoms with Crippen molar-refractivity contribution in [1.29, 1.82) is 0 Å². The van der Waals surface area contributed by atoms with Gasteiger partial charge in [-0.05, 0) is 25.8 Å². The normalized spacial score (nSPS) is 29.2. The van der Waals surface area contributed by atoms with Crippen LogP contribution in [0.25, 0.3) is 0 Å². The van der Waals surface area contributed by atoms with Gasteiger partial charge in [0.2, 0.25) is 0 Å². The summed E-state index contributed by atoms with van der Waals surface area (Å²) >= 11 is 0. The van der Waals surface area contributed by atoms with Crippen molar-refractivity contribution < 1.29 is 18.3 Å². The predicted octanol–water partition coefficient (Wildman–Crippen LogP) is 3.08. The zero-order chi connectivity index (χ0) is 12.1. The summed E-state index contributed by atoms with van der Waals surface area (Å²) in [6.45, 7) is 3.68. The van der Waals surface area contributed by atoms with Gasteiger partial charge in [0.15, 0.2) is 5.60 Å². The van der Waals surface area contributed by atoms with E-state index in [1.165, 1.54) is 0 Å². The first-order valence-electron chi connectivity index (χ1n) is 5.11. The van der Waals surface area contributed by atoms with Gasteiger partial charge in [0, 0.05) is 5.92 Å². The van der Waals surface area contributed by atoms with Gasteiger partial charge in [-0.15, -0.1) is 0 Å². The number of alkyl halides is 3. The van der Waals surface area contributed by atoms with E-state index >= 15 is 0 Å². The maximum Gasteiger partial charge on any atom is 0.417 e. The summed E-state index contributed by atoms with van der Waals surface area (Å²) in [4.78, 5) is 0. The highest BCUT2D eigenvalue weighted by molar-refractivity contribution is 5.38. The molecule has 1 aromatic rings. The molecule has 1 aromatic carbocycles. The Bertz CT molecular complexity index is 405. The molecular formula is C12H13F3O. The Hall–Kier alpha value is -1.03. The number of hydrogen-bond donors (Lipinski definition) is 1. The van der Waals surface area contributed by atoms with Crippen molar-refractivity contribution in [1.82, 2.24) is 0 Å². The summed E-state index contributed by atoms with van der Waals surface area (Å²) in [6.07, 6.45) is -4.76. The summed E-state index contributed by atoms with van der Waals surface area (Å²) in [6, 6.07) is 5.32. The minimum Gasteiger partial charge on any atom is -0.380 e. The first-order chi connectivity index (χ1) is 7.24. The van der Waals surface area contributed by atoms with E-state index in [4.69, 9.17) is 0 Å². The molecule has 1 fully saturated rings. The molecule has 0 heterocycles. The molecule has 0 bridgehead atoms. The molecule has 0 radical (unpaired) electrons. The fourth-order valence-corrected chi connectivity index (χ4v) is 2.17. The monoisotopic (exact) mass is 230 g/mol. The van der Waals surface area contributed by atoms with Crippen LogP contribution in [0.5, 0.6) is 0 Å². The molecule has 1 N–H and O–H groups in total. The maximum absolute atomic E-state index is 12.5. The van der Waals surface area contributed by atoms with Gasteiger partial charge in [-0.1, -0.05) is 29.3 Å². The quantitative estimate of drug-likeness (QED) is 0.786. The van der Waals surface area contributed by atoms with Crippen LogP contribution >= 0.6 is 0 Å². The van der Waals surface area contributed by atoms with Crippen molar-refractivity contribution in [2.24, 2.45) is 0 Å². The van der Waals surface area contributed by atoms with Gasteiger partial charge >= 0.3 is 6.18 Å². The molecule has 0 aromatic heterocycles. The summed E-state index contributed by atoms with van der Waals surface area (Å²) in [5.74, 6) is -0.800. The minimum absolute atomic E-state index is 0.223. The van der Waals surface area contributed by atoms with E-state index in [9.17, 15) is 18.3 Å². The summed E-state index contributed by atoms with van der Waals surface area (Å²) in [5, 5.41) is 9.44. The van der Waals surface area contributed by atoms with Crippen LogP contribution in [0.3, 0.4) is 0 Å². The second-order valence-corrected chi connectivity index (χ2v) is 4.60. The van der Waals surface area contributed by atoms with Crippen LogP contribution in [0, 0.1) is 13.8 Å². The number of benzene rings is 1. The molecule has 1 nitrogen and oxygen atoms in total. The average Bonchev–Trinajstić information content (AvgIpc) is 2.76. The Morgan fingerprint density at radius 2 is 1.69 bits per heavy atom. The average molecular weight is 230 g/mol. The van der Waals surface area contributed by atoms with E-state index in [0.717, 1.165) is 11.1 Å². The topological polar surface area (TPSA) is 20.2 Å². The third-order valence-corrected chi connectivity index (χ3v) is 3.07. The molecule has 4 heteroatoms. The van der Waals surface area contributed by atoms with Gasteiger partial charge in [-0.25, -0.2) is 0 Å². The second kappa shape index (κ2) is 3.23. The zero-order valence-electron chi connectivity index (χ0n) is 9.10. The molecule has 88 valence electrons. The molecule has 1 aliphatic rings. The van der Waals surface area contributed by atoms with Crippen molar-refractivity contribution >= 4 is 0 Å². The van der Waals surface area contributed by atoms with E-state index in [0.29, 0.717) is 5.56 Å². The van der Waals surface area contributed by atoms with Gasteiger partial charge in [-0.2, -0.15) is 13.2 Å². The molecule has 2 atom stereocenters. The Morgan fingerprint density at radius 3 is 2.06 bits per heavy atom. The molecule has 1 saturated carbocycles. The highest BCUT2D eigenvalue weighted by Crippen LogP contribution is 2.59. The van der Waals surface area contributed by atoms with Gasteiger partial charge in [0.1, 0.15) is 0 Å². The molecular weight excluding hydrogens is 217 g/mol. The highest BCUT2D eigenvalue weighted by atomic mass is 19.4. The van der Waals surface area contributed by atoms with Gasteiger partial charge in [0.05, 0.1) is 0 Å². The summed E-state index contributed by atoms with van der Waals surface area (Å²) in [7, 11) is 0. The fraction of sp³-hybridized carbons (Fsp3) is 0.500. The summed E-state index contributed by atoms with van der Waals surface area (Å²) < 4.78 is 37.5. The Labute approximate surface area is 91.9 Å². The van der Waals surface area contributed by atoms with Crippen LogP contribution in [0.4, 0.5) is 13.2 Å². The molecule has 0 aliphatic heterocycles. The number of aliphatic hydroxyl groups is 1. The maximum atomic E-state index is 12.5. The number of rotatable bonds is 1. The van der Waals surface area contributed by atoms with Crippen LogP contribution < -0.4 is 0 Å². The van der Waals surface area contributed by atoms with Crippen LogP contribution in [0.15, 0.2) is 18.2 Å². The van der Waals surface area contributed by atoms with Crippen LogP contribution in [0.2, 0.25) is 0 Å². The van der Waals surface area contributed by atoms with E-state index in [1.54, 1.807) is 12.1 Å². The number of hydrogen-bond acceptors (Lipinski definition) is 1. The van der Waals surface area contributed by atoms with Gasteiger partial charge in [0.25, 0.3) is 0 Å². The van der Waals surface area contributed by atoms with Crippen LogP contribution in [-0.2, 0) is 0 Å². The molecule has 2 rings (SSSR count). The van der Waals surface area contributed by atoms with Crippen molar-refractivity contribution in [2.45, 2.75) is 38.0 Å². The Morgan fingerprint density at radius 1 is 1.19 bits per heavy atom. The summed E-state index contributed by atoms with van der Waals surface area (Å²) in [5.41, 5.74) is -0.0806. The second-order valence-electron chi connectivity index (χ2n) is 4.60. The van der Waals surface area contributed by atoms with E-state index in [1.807, 2.05) is 19.9 Å². The Kier molecular flexibility index (Phi) is 2.31. The Balaban J connectivity index is 2.30. The minimum atomic E-state index is -4.53. The van der Waals surface area contributed by atoms with Gasteiger partial charge in [-0.3, -0.25) is 0 Å². The standard InChI is InChI=1S/C12H13F3O/c1-7-3-8(2)5-9(4-7)10-6-11(10,16)12(13,14)15/h3-5,10,16H,6H2,1-2H3/t10-,11+/m0/s1. The molecule has 0 unspecified atom stereocenters. The lowest BCUT2D eigenvalue weighted by atomic mass is 10.0. The first kappa shape index (κ1) is 11.5. The molecule has 0 saturated heterocycles. The van der Waals surface area contributed by atoms with Crippen LogP contribution in [0.1, 0.15) is 29.0 Å². The molecule has 1 aliphatic carbocycles. The van der Waals surface area contributed by atoms with E-state index in [-0.39, 0.29) is 6.42 Å². The SMILES string of the molecule is Cc1cc(C)cc([C@@H]2C[C@]2(O)C(F)(F)F)c1. The van der Waals surface area contributed by atoms with E-state index in [2.05, 4.69) is 0 Å². The lowest BCUT2D eigenvalue weighted by molar-refractivity contribution is -0.220. The zero-order valence-corrected chi connectivity index (χ0v) is 9.10. The largest absolute Gasteiger partial charge is 0.417 e. The predicted molar refractivity (Wildman–Crippen MR) is 54.3 cm³/mol. The smallest absolute Gasteiger partial charge is 0.380 e. The number of aryl methyl sites for hydroxylation is 2. The van der Waals surface area contributed by atoms with Crippen LogP contribution in [-0.4, -0.2) is 16.9 Å².